The minimum atomic E-state index is -0.191. The Labute approximate surface area is 89.0 Å². The third-order valence-corrected chi connectivity index (χ3v) is 2.19. The highest BCUT2D eigenvalue weighted by atomic mass is 16.2. The fourth-order valence-electron chi connectivity index (χ4n) is 1.28. The molecule has 1 amide bonds. The molecule has 15 heavy (non-hydrogen) atoms. The van der Waals surface area contributed by atoms with E-state index in [-0.39, 0.29) is 11.6 Å². The number of anilines is 1. The Hall–Kier alpha value is -1.78. The molecule has 0 saturated heterocycles. The lowest BCUT2D eigenvalue weighted by Crippen LogP contribution is -2.27. The summed E-state index contributed by atoms with van der Waals surface area (Å²) in [4.78, 5) is 13.3. The van der Waals surface area contributed by atoms with Crippen LogP contribution in [0.2, 0.25) is 0 Å². The zero-order valence-corrected chi connectivity index (χ0v) is 9.08. The summed E-state index contributed by atoms with van der Waals surface area (Å²) in [5.41, 5.74) is 7.31. The van der Waals surface area contributed by atoms with Gasteiger partial charge in [-0.1, -0.05) is 13.0 Å². The van der Waals surface area contributed by atoms with E-state index >= 15 is 0 Å². The molecule has 0 aliphatic heterocycles. The molecule has 1 heterocycles. The van der Waals surface area contributed by atoms with Gasteiger partial charge in [-0.2, -0.15) is 5.10 Å². The van der Waals surface area contributed by atoms with Crippen molar-refractivity contribution in [1.82, 2.24) is 15.1 Å². The van der Waals surface area contributed by atoms with Crippen molar-refractivity contribution in [3.8, 4) is 0 Å². The summed E-state index contributed by atoms with van der Waals surface area (Å²) in [6.07, 6.45) is 2.39. The number of aromatic amines is 1. The molecule has 0 aliphatic rings. The second kappa shape index (κ2) is 4.63. The molecular formula is C10H16N4O. The number of aromatic nitrogens is 2. The number of nitrogen functional groups attached to an aromatic ring is 1. The van der Waals surface area contributed by atoms with Gasteiger partial charge in [-0.3, -0.25) is 9.89 Å². The largest absolute Gasteiger partial charge is 0.395 e. The van der Waals surface area contributed by atoms with Gasteiger partial charge in [0.15, 0.2) is 5.69 Å². The lowest BCUT2D eigenvalue weighted by Gasteiger charge is -2.13. The molecule has 0 atom stereocenters. The number of nitrogens with zero attached hydrogens (tertiary/aromatic N) is 2. The molecule has 0 fully saturated rings. The van der Waals surface area contributed by atoms with Crippen molar-refractivity contribution in [3.05, 3.63) is 24.0 Å². The van der Waals surface area contributed by atoms with E-state index in [0.29, 0.717) is 12.2 Å². The van der Waals surface area contributed by atoms with Crippen LogP contribution in [0.3, 0.4) is 0 Å². The molecule has 3 N–H and O–H groups in total. The van der Waals surface area contributed by atoms with E-state index < -0.39 is 0 Å². The number of nitrogens with two attached hydrogens (primary N) is 1. The van der Waals surface area contributed by atoms with Gasteiger partial charge in [-0.15, -0.1) is 6.58 Å². The van der Waals surface area contributed by atoms with Crippen LogP contribution in [0, 0.1) is 0 Å². The lowest BCUT2D eigenvalue weighted by atomic mass is 10.2. The minimum absolute atomic E-state index is 0.191. The summed E-state index contributed by atoms with van der Waals surface area (Å²) in [7, 11) is 1.68. The first-order valence-electron chi connectivity index (χ1n) is 4.80. The van der Waals surface area contributed by atoms with Crippen LogP contribution in [-0.2, 0) is 6.42 Å². The van der Waals surface area contributed by atoms with Gasteiger partial charge in [0.05, 0.1) is 11.4 Å². The molecule has 0 radical (unpaired) electrons. The number of rotatable bonds is 4. The van der Waals surface area contributed by atoms with Gasteiger partial charge >= 0.3 is 0 Å². The number of carbonyl (C=O) groups excluding carboxylic acids is 1. The molecule has 0 bridgehead atoms. The zero-order valence-electron chi connectivity index (χ0n) is 9.08. The van der Waals surface area contributed by atoms with E-state index in [9.17, 15) is 4.79 Å². The van der Waals surface area contributed by atoms with Crippen LogP contribution < -0.4 is 5.73 Å². The Bertz CT molecular complexity index is 369. The van der Waals surface area contributed by atoms with Gasteiger partial charge in [-0.05, 0) is 6.42 Å². The molecule has 5 heteroatoms. The van der Waals surface area contributed by atoms with E-state index in [1.165, 1.54) is 4.90 Å². The fourth-order valence-corrected chi connectivity index (χ4v) is 1.28. The highest BCUT2D eigenvalue weighted by Gasteiger charge is 2.18. The zero-order chi connectivity index (χ0) is 11.4. The molecule has 82 valence electrons. The number of amides is 1. The number of aryl methyl sites for hydroxylation is 1. The second-order valence-corrected chi connectivity index (χ2v) is 3.29. The van der Waals surface area contributed by atoms with Crippen molar-refractivity contribution < 1.29 is 4.79 Å². The Kier molecular flexibility index (Phi) is 3.49. The summed E-state index contributed by atoms with van der Waals surface area (Å²) in [5, 5.41) is 6.67. The third kappa shape index (κ3) is 2.18. The minimum Gasteiger partial charge on any atom is -0.395 e. The fraction of sp³-hybridized carbons (Fsp3) is 0.400. The van der Waals surface area contributed by atoms with Crippen molar-refractivity contribution in [2.24, 2.45) is 0 Å². The van der Waals surface area contributed by atoms with E-state index in [1.807, 2.05) is 6.92 Å². The van der Waals surface area contributed by atoms with Gasteiger partial charge in [0.25, 0.3) is 5.91 Å². The number of carbonyl (C=O) groups is 1. The first-order valence-corrected chi connectivity index (χ1v) is 4.80. The van der Waals surface area contributed by atoms with Crippen LogP contribution >= 0.6 is 0 Å². The Morgan fingerprint density at radius 1 is 1.73 bits per heavy atom. The normalized spacial score (nSPS) is 10.0. The topological polar surface area (TPSA) is 75.0 Å². The van der Waals surface area contributed by atoms with Crippen molar-refractivity contribution in [2.45, 2.75) is 13.3 Å². The number of likely N-dealkylation sites (N-methyl/N-ethyl adjacent to an activating group) is 1. The third-order valence-electron chi connectivity index (χ3n) is 2.19. The average molecular weight is 208 g/mol. The Morgan fingerprint density at radius 3 is 2.87 bits per heavy atom. The first-order chi connectivity index (χ1) is 7.11. The van der Waals surface area contributed by atoms with Gasteiger partial charge < -0.3 is 10.6 Å². The van der Waals surface area contributed by atoms with E-state index in [4.69, 9.17) is 5.73 Å². The van der Waals surface area contributed by atoms with Crippen molar-refractivity contribution in [3.63, 3.8) is 0 Å². The predicted octanol–water partition coefficient (Wildman–Crippen LogP) is 0.812. The van der Waals surface area contributed by atoms with Crippen LogP contribution in [0.5, 0.6) is 0 Å². The van der Waals surface area contributed by atoms with Crippen LogP contribution in [0.4, 0.5) is 5.69 Å². The van der Waals surface area contributed by atoms with E-state index in [1.54, 1.807) is 13.1 Å². The average Bonchev–Trinajstić information content (AvgIpc) is 2.59. The molecular weight excluding hydrogens is 192 g/mol. The Morgan fingerprint density at radius 2 is 2.40 bits per heavy atom. The molecule has 0 unspecified atom stereocenters. The van der Waals surface area contributed by atoms with Gasteiger partial charge in [0.2, 0.25) is 0 Å². The molecule has 5 nitrogen and oxygen atoms in total. The molecule has 1 aromatic rings. The molecule has 0 aliphatic carbocycles. The van der Waals surface area contributed by atoms with Gasteiger partial charge in [-0.25, -0.2) is 0 Å². The quantitative estimate of drug-likeness (QED) is 0.719. The number of H-pyrrole nitrogens is 1. The van der Waals surface area contributed by atoms with E-state index in [2.05, 4.69) is 16.8 Å². The highest BCUT2D eigenvalue weighted by Crippen LogP contribution is 2.15. The van der Waals surface area contributed by atoms with Gasteiger partial charge in [0.1, 0.15) is 0 Å². The SMILES string of the molecule is C=CCN(C)C(=O)c1n[nH]c(CC)c1N. The van der Waals surface area contributed by atoms with Crippen molar-refractivity contribution in [1.29, 1.82) is 0 Å². The number of hydrogen-bond donors (Lipinski definition) is 2. The maximum absolute atomic E-state index is 11.8. The van der Waals surface area contributed by atoms with Crippen LogP contribution in [0.25, 0.3) is 0 Å². The first kappa shape index (κ1) is 11.3. The summed E-state index contributed by atoms with van der Waals surface area (Å²) >= 11 is 0. The summed E-state index contributed by atoms with van der Waals surface area (Å²) < 4.78 is 0. The molecule has 1 rings (SSSR count). The molecule has 0 aromatic carbocycles. The smallest absolute Gasteiger partial charge is 0.276 e. The van der Waals surface area contributed by atoms with Crippen LogP contribution in [0.15, 0.2) is 12.7 Å². The monoisotopic (exact) mass is 208 g/mol. The molecule has 0 spiro atoms. The summed E-state index contributed by atoms with van der Waals surface area (Å²) in [5.74, 6) is -0.191. The Balaban J connectivity index is 2.91. The lowest BCUT2D eigenvalue weighted by molar-refractivity contribution is 0.0805. The maximum Gasteiger partial charge on any atom is 0.276 e. The number of nitrogens with one attached hydrogen (secondary N) is 1. The predicted molar refractivity (Wildman–Crippen MR) is 59.5 cm³/mol. The highest BCUT2D eigenvalue weighted by molar-refractivity contribution is 5.97. The summed E-state index contributed by atoms with van der Waals surface area (Å²) in [6.45, 7) is 6.00. The number of hydrogen-bond acceptors (Lipinski definition) is 3. The van der Waals surface area contributed by atoms with Crippen LogP contribution in [-0.4, -0.2) is 34.6 Å². The maximum atomic E-state index is 11.8. The summed E-state index contributed by atoms with van der Waals surface area (Å²) in [6, 6.07) is 0. The van der Waals surface area contributed by atoms with E-state index in [0.717, 1.165) is 12.1 Å². The molecule has 0 saturated carbocycles. The van der Waals surface area contributed by atoms with Gasteiger partial charge in [0, 0.05) is 13.6 Å². The standard InChI is InChI=1S/C10H16N4O/c1-4-6-14(3)10(15)9-8(11)7(5-2)12-13-9/h4H,1,5-6,11H2,2-3H3,(H,12,13). The van der Waals surface area contributed by atoms with Crippen molar-refractivity contribution in [2.75, 3.05) is 19.3 Å². The van der Waals surface area contributed by atoms with Crippen LogP contribution in [0.1, 0.15) is 23.1 Å². The second-order valence-electron chi connectivity index (χ2n) is 3.29. The van der Waals surface area contributed by atoms with Crippen molar-refractivity contribution >= 4 is 11.6 Å². The molecule has 1 aromatic heterocycles.